The average molecular weight is 416 g/mol. The number of imidazole rings is 1. The molecule has 11 nitrogen and oxygen atoms in total. The number of nitriles is 1. The van der Waals surface area contributed by atoms with Gasteiger partial charge in [0.05, 0.1) is 12.4 Å². The van der Waals surface area contributed by atoms with Crippen LogP contribution >= 0.6 is 0 Å². The molecule has 3 rings (SSSR count). The van der Waals surface area contributed by atoms with Crippen LogP contribution in [-0.4, -0.2) is 42.2 Å². The Bertz CT molecular complexity index is 1150. The number of aromatic nitrogens is 4. The second-order valence-corrected chi connectivity index (χ2v) is 7.63. The number of hydrogen-bond acceptors (Lipinski definition) is 7. The lowest BCUT2D eigenvalue weighted by atomic mass is 9.83. The zero-order valence-electron chi connectivity index (χ0n) is 17.2. The number of fused-ring (bicyclic) bond motifs is 1. The van der Waals surface area contributed by atoms with E-state index in [1.54, 1.807) is 0 Å². The van der Waals surface area contributed by atoms with Crippen molar-refractivity contribution in [2.45, 2.75) is 57.2 Å². The molecule has 0 spiro atoms. The van der Waals surface area contributed by atoms with Crippen molar-refractivity contribution in [3.05, 3.63) is 27.2 Å². The monoisotopic (exact) mass is 416 g/mol. The number of rotatable bonds is 5. The fourth-order valence-electron chi connectivity index (χ4n) is 3.70. The predicted molar refractivity (Wildman–Crippen MR) is 105 cm³/mol. The Morgan fingerprint density at radius 3 is 2.57 bits per heavy atom. The van der Waals surface area contributed by atoms with E-state index in [-0.39, 0.29) is 17.7 Å². The molecule has 0 bridgehead atoms. The molecule has 0 radical (unpaired) electrons. The van der Waals surface area contributed by atoms with Crippen LogP contribution in [0.2, 0.25) is 0 Å². The Morgan fingerprint density at radius 2 is 1.93 bits per heavy atom. The molecule has 30 heavy (non-hydrogen) atoms. The van der Waals surface area contributed by atoms with Crippen molar-refractivity contribution in [2.24, 2.45) is 14.1 Å². The number of nitrogens with one attached hydrogen (secondary N) is 1. The van der Waals surface area contributed by atoms with Crippen molar-refractivity contribution in [3.8, 4) is 6.07 Å². The molecule has 0 saturated heterocycles. The Morgan fingerprint density at radius 1 is 1.27 bits per heavy atom. The molecule has 1 amide bonds. The molecule has 1 saturated carbocycles. The highest BCUT2D eigenvalue weighted by molar-refractivity contribution is 5.84. The van der Waals surface area contributed by atoms with Gasteiger partial charge in [0.2, 0.25) is 0 Å². The zero-order valence-corrected chi connectivity index (χ0v) is 17.2. The second kappa shape index (κ2) is 8.14. The van der Waals surface area contributed by atoms with Crippen LogP contribution < -0.4 is 16.6 Å². The van der Waals surface area contributed by atoms with Crippen molar-refractivity contribution >= 4 is 23.0 Å². The summed E-state index contributed by atoms with van der Waals surface area (Å²) in [5.74, 6) is -1.29. The molecule has 1 N–H and O–H groups in total. The van der Waals surface area contributed by atoms with E-state index in [4.69, 9.17) is 4.74 Å². The van der Waals surface area contributed by atoms with Crippen molar-refractivity contribution in [1.29, 1.82) is 5.26 Å². The Labute approximate surface area is 171 Å². The fourth-order valence-corrected chi connectivity index (χ4v) is 3.70. The molecule has 0 unspecified atom stereocenters. The van der Waals surface area contributed by atoms with Gasteiger partial charge in [-0.1, -0.05) is 19.3 Å². The maximum absolute atomic E-state index is 12.5. The fraction of sp³-hybridized carbons (Fsp3) is 0.579. The molecule has 0 aromatic carbocycles. The molecule has 160 valence electrons. The summed E-state index contributed by atoms with van der Waals surface area (Å²) in [7, 11) is 2.81. The molecule has 0 aliphatic heterocycles. The summed E-state index contributed by atoms with van der Waals surface area (Å²) >= 11 is 0. The quantitative estimate of drug-likeness (QED) is 0.660. The van der Waals surface area contributed by atoms with Gasteiger partial charge >= 0.3 is 11.7 Å². The number of nitrogens with zero attached hydrogens (tertiary/aromatic N) is 5. The van der Waals surface area contributed by atoms with Gasteiger partial charge < -0.3 is 14.6 Å². The first kappa shape index (κ1) is 21.3. The standard InChI is InChI=1S/C19H24N6O5/c1-12(16(27)22-19(10-20)7-5-4-6-8-19)30-13(26)9-25-11-21-15-14(25)17(28)24(3)18(29)23(15)2/h11-12H,4-9H2,1-3H3,(H,22,27)/t12-/m1/s1. The van der Waals surface area contributed by atoms with Crippen LogP contribution in [0.1, 0.15) is 39.0 Å². The Kier molecular flexibility index (Phi) is 5.78. The first-order valence-corrected chi connectivity index (χ1v) is 9.73. The third-order valence-corrected chi connectivity index (χ3v) is 5.48. The van der Waals surface area contributed by atoms with Crippen LogP contribution in [-0.2, 0) is 35.0 Å². The summed E-state index contributed by atoms with van der Waals surface area (Å²) in [6, 6.07) is 2.18. The SMILES string of the molecule is C[C@@H](OC(=O)Cn1cnc2c1c(=O)n(C)c(=O)n2C)C(=O)NC1(C#N)CCCCC1. The van der Waals surface area contributed by atoms with Crippen LogP contribution in [0.5, 0.6) is 0 Å². The van der Waals surface area contributed by atoms with E-state index in [0.29, 0.717) is 12.8 Å². The number of amides is 1. The average Bonchev–Trinajstić information content (AvgIpc) is 3.14. The van der Waals surface area contributed by atoms with Crippen LogP contribution in [0, 0.1) is 11.3 Å². The van der Waals surface area contributed by atoms with Gasteiger partial charge in [-0.2, -0.15) is 5.26 Å². The highest BCUT2D eigenvalue weighted by atomic mass is 16.5. The molecule has 11 heteroatoms. The molecular weight excluding hydrogens is 392 g/mol. The number of aryl methyl sites for hydroxylation is 1. The molecule has 2 aromatic rings. The van der Waals surface area contributed by atoms with Gasteiger partial charge in [-0.15, -0.1) is 0 Å². The van der Waals surface area contributed by atoms with E-state index in [1.165, 1.54) is 36.5 Å². The third-order valence-electron chi connectivity index (χ3n) is 5.48. The number of hydrogen-bond donors (Lipinski definition) is 1. The molecule has 2 aromatic heterocycles. The predicted octanol–water partition coefficient (Wildman–Crippen LogP) is -0.292. The van der Waals surface area contributed by atoms with Crippen molar-refractivity contribution in [1.82, 2.24) is 24.0 Å². The van der Waals surface area contributed by atoms with E-state index in [9.17, 15) is 24.4 Å². The normalized spacial score (nSPS) is 16.6. The maximum atomic E-state index is 12.5. The van der Waals surface area contributed by atoms with Crippen LogP contribution in [0.3, 0.4) is 0 Å². The van der Waals surface area contributed by atoms with Crippen molar-refractivity contribution < 1.29 is 14.3 Å². The molecular formula is C19H24N6O5. The van der Waals surface area contributed by atoms with Gasteiger partial charge in [0.25, 0.3) is 11.5 Å². The van der Waals surface area contributed by atoms with E-state index in [2.05, 4.69) is 16.4 Å². The minimum absolute atomic E-state index is 0.0827. The van der Waals surface area contributed by atoms with Gasteiger partial charge in [0, 0.05) is 14.1 Å². The number of carbonyl (C=O) groups excluding carboxylic acids is 2. The number of ether oxygens (including phenoxy) is 1. The molecule has 2 heterocycles. The summed E-state index contributed by atoms with van der Waals surface area (Å²) in [4.78, 5) is 53.3. The highest BCUT2D eigenvalue weighted by Gasteiger charge is 2.35. The van der Waals surface area contributed by atoms with Gasteiger partial charge in [-0.25, -0.2) is 9.78 Å². The largest absolute Gasteiger partial charge is 0.451 e. The van der Waals surface area contributed by atoms with E-state index >= 15 is 0 Å². The summed E-state index contributed by atoms with van der Waals surface area (Å²) in [5, 5.41) is 12.2. The van der Waals surface area contributed by atoms with Gasteiger partial charge in [0.15, 0.2) is 17.3 Å². The first-order chi connectivity index (χ1) is 14.2. The summed E-state index contributed by atoms with van der Waals surface area (Å²) < 4.78 is 8.62. The molecule has 1 fully saturated rings. The number of esters is 1. The van der Waals surface area contributed by atoms with Crippen molar-refractivity contribution in [2.75, 3.05) is 0 Å². The third kappa shape index (κ3) is 3.85. The smallest absolute Gasteiger partial charge is 0.332 e. The van der Waals surface area contributed by atoms with Crippen molar-refractivity contribution in [3.63, 3.8) is 0 Å². The van der Waals surface area contributed by atoms with Gasteiger partial charge in [-0.05, 0) is 19.8 Å². The summed E-state index contributed by atoms with van der Waals surface area (Å²) in [6.07, 6.45) is 4.03. The first-order valence-electron chi connectivity index (χ1n) is 9.73. The van der Waals surface area contributed by atoms with E-state index in [1.807, 2.05) is 0 Å². The Balaban J connectivity index is 1.71. The Hall–Kier alpha value is -3.42. The minimum Gasteiger partial charge on any atom is -0.451 e. The van der Waals surface area contributed by atoms with Crippen LogP contribution in [0.15, 0.2) is 15.9 Å². The summed E-state index contributed by atoms with van der Waals surface area (Å²) in [5.41, 5.74) is -1.81. The lowest BCUT2D eigenvalue weighted by Gasteiger charge is -2.32. The van der Waals surface area contributed by atoms with Crippen LogP contribution in [0.4, 0.5) is 0 Å². The molecule has 1 aliphatic rings. The van der Waals surface area contributed by atoms with E-state index < -0.39 is 34.8 Å². The van der Waals surface area contributed by atoms with E-state index in [0.717, 1.165) is 23.8 Å². The summed E-state index contributed by atoms with van der Waals surface area (Å²) in [6.45, 7) is 1.07. The van der Waals surface area contributed by atoms with Crippen LogP contribution in [0.25, 0.3) is 11.2 Å². The molecule has 1 aliphatic carbocycles. The highest BCUT2D eigenvalue weighted by Crippen LogP contribution is 2.27. The second-order valence-electron chi connectivity index (χ2n) is 7.63. The molecule has 1 atom stereocenters. The van der Waals surface area contributed by atoms with Gasteiger partial charge in [0.1, 0.15) is 12.1 Å². The minimum atomic E-state index is -1.10. The topological polar surface area (TPSA) is 141 Å². The van der Waals surface area contributed by atoms with Gasteiger partial charge in [-0.3, -0.25) is 23.5 Å². The lowest BCUT2D eigenvalue weighted by molar-refractivity contribution is -0.155. The zero-order chi connectivity index (χ0) is 22.1. The maximum Gasteiger partial charge on any atom is 0.332 e. The number of carbonyl (C=O) groups is 2. The lowest BCUT2D eigenvalue weighted by Crippen LogP contribution is -2.52.